The molecule has 1 atom stereocenters. The van der Waals surface area contributed by atoms with E-state index in [0.29, 0.717) is 0 Å². The summed E-state index contributed by atoms with van der Waals surface area (Å²) in [6.07, 6.45) is -0.604. The molecule has 0 saturated heterocycles. The van der Waals surface area contributed by atoms with Gasteiger partial charge in [0.1, 0.15) is 0 Å². The van der Waals surface area contributed by atoms with E-state index < -0.39 is 17.5 Å². The monoisotopic (exact) mass is 351 g/mol. The Morgan fingerprint density at radius 3 is 2.72 bits per heavy atom. The number of halogens is 3. The number of hydrogen-bond acceptors (Lipinski definition) is 3. The van der Waals surface area contributed by atoms with Gasteiger partial charge in [-0.15, -0.1) is 0 Å². The molecular weight excluding hydrogens is 335 g/mol. The van der Waals surface area contributed by atoms with E-state index in [9.17, 15) is 18.0 Å². The molecule has 1 unspecified atom stereocenters. The minimum Gasteiger partial charge on any atom is -0.389 e. The maximum Gasteiger partial charge on any atom is 0.425 e. The standard InChI is InChI=1S/C17H16F3N3O2/c1-3-11(2)14-7-8-23(21-14)15-10-22(16(24)25-15)13-6-4-5-12(9-13)17(18,19)20/h4-11H,3H2,1-2H3. The molecule has 5 nitrogen and oxygen atoms in total. The lowest BCUT2D eigenvalue weighted by atomic mass is 10.1. The Labute approximate surface area is 141 Å². The van der Waals surface area contributed by atoms with Gasteiger partial charge in [0, 0.05) is 6.20 Å². The van der Waals surface area contributed by atoms with Gasteiger partial charge in [0.2, 0.25) is 5.88 Å². The Balaban J connectivity index is 1.99. The molecule has 25 heavy (non-hydrogen) atoms. The molecular formula is C17H16F3N3O2. The third kappa shape index (κ3) is 3.38. The molecule has 2 aromatic heterocycles. The largest absolute Gasteiger partial charge is 0.425 e. The molecule has 0 fully saturated rings. The van der Waals surface area contributed by atoms with Crippen molar-refractivity contribution in [1.29, 1.82) is 0 Å². The van der Waals surface area contributed by atoms with Gasteiger partial charge in [0.25, 0.3) is 0 Å². The SMILES string of the molecule is CCC(C)c1ccn(-c2cn(-c3cccc(C(F)(F)F)c3)c(=O)o2)n1. The van der Waals surface area contributed by atoms with Crippen LogP contribution in [0, 0.1) is 0 Å². The summed E-state index contributed by atoms with van der Waals surface area (Å²) < 4.78 is 46.1. The first-order valence-corrected chi connectivity index (χ1v) is 7.75. The van der Waals surface area contributed by atoms with Gasteiger partial charge in [0.05, 0.1) is 23.1 Å². The summed E-state index contributed by atoms with van der Waals surface area (Å²) >= 11 is 0. The van der Waals surface area contributed by atoms with E-state index in [2.05, 4.69) is 5.10 Å². The van der Waals surface area contributed by atoms with Crippen LogP contribution in [0.1, 0.15) is 37.4 Å². The van der Waals surface area contributed by atoms with Gasteiger partial charge in [-0.3, -0.25) is 0 Å². The second kappa shape index (κ2) is 6.27. The van der Waals surface area contributed by atoms with Crippen molar-refractivity contribution < 1.29 is 17.6 Å². The number of alkyl halides is 3. The fourth-order valence-corrected chi connectivity index (χ4v) is 2.38. The molecule has 3 rings (SSSR count). The third-order valence-corrected chi connectivity index (χ3v) is 4.03. The average Bonchev–Trinajstić information content (AvgIpc) is 3.20. The second-order valence-corrected chi connectivity index (χ2v) is 5.75. The van der Waals surface area contributed by atoms with Crippen molar-refractivity contribution >= 4 is 0 Å². The summed E-state index contributed by atoms with van der Waals surface area (Å²) in [4.78, 5) is 12.0. The van der Waals surface area contributed by atoms with E-state index in [1.165, 1.54) is 23.0 Å². The smallest absolute Gasteiger partial charge is 0.389 e. The van der Waals surface area contributed by atoms with Crippen molar-refractivity contribution in [2.45, 2.75) is 32.4 Å². The van der Waals surface area contributed by atoms with Crippen LogP contribution < -0.4 is 5.76 Å². The first kappa shape index (κ1) is 17.1. The van der Waals surface area contributed by atoms with Gasteiger partial charge in [-0.2, -0.15) is 18.3 Å². The summed E-state index contributed by atoms with van der Waals surface area (Å²) in [6, 6.07) is 6.31. The molecule has 3 aromatic rings. The molecule has 0 radical (unpaired) electrons. The lowest BCUT2D eigenvalue weighted by molar-refractivity contribution is -0.137. The molecule has 0 aliphatic rings. The highest BCUT2D eigenvalue weighted by Gasteiger charge is 2.30. The van der Waals surface area contributed by atoms with Crippen molar-refractivity contribution in [3.63, 3.8) is 0 Å². The first-order valence-electron chi connectivity index (χ1n) is 7.75. The summed E-state index contributed by atoms with van der Waals surface area (Å²) in [7, 11) is 0. The maximum atomic E-state index is 12.8. The predicted molar refractivity (Wildman–Crippen MR) is 85.1 cm³/mol. The Morgan fingerprint density at radius 1 is 1.28 bits per heavy atom. The molecule has 132 valence electrons. The van der Waals surface area contributed by atoms with E-state index in [1.54, 1.807) is 6.20 Å². The quantitative estimate of drug-likeness (QED) is 0.710. The number of aromatic nitrogens is 3. The number of nitrogens with zero attached hydrogens (tertiary/aromatic N) is 3. The second-order valence-electron chi connectivity index (χ2n) is 5.75. The maximum absolute atomic E-state index is 12.8. The van der Waals surface area contributed by atoms with Crippen LogP contribution in [-0.2, 0) is 6.18 Å². The van der Waals surface area contributed by atoms with Gasteiger partial charge in [-0.1, -0.05) is 19.9 Å². The fraction of sp³-hybridized carbons (Fsp3) is 0.294. The minimum absolute atomic E-state index is 0.0733. The van der Waals surface area contributed by atoms with E-state index in [4.69, 9.17) is 4.42 Å². The van der Waals surface area contributed by atoms with Gasteiger partial charge in [-0.25, -0.2) is 14.0 Å². The molecule has 0 aliphatic carbocycles. The van der Waals surface area contributed by atoms with Crippen molar-refractivity contribution in [1.82, 2.24) is 14.3 Å². The van der Waals surface area contributed by atoms with Gasteiger partial charge >= 0.3 is 11.9 Å². The summed E-state index contributed by atoms with van der Waals surface area (Å²) in [5.74, 6) is -0.398. The molecule has 0 saturated carbocycles. The normalized spacial score (nSPS) is 13.2. The average molecular weight is 351 g/mol. The van der Waals surface area contributed by atoms with Crippen molar-refractivity contribution in [2.24, 2.45) is 0 Å². The molecule has 8 heteroatoms. The summed E-state index contributed by atoms with van der Waals surface area (Å²) in [5, 5.41) is 4.35. The molecule has 0 aliphatic heterocycles. The molecule has 0 amide bonds. The van der Waals surface area contributed by atoms with Crippen LogP contribution in [0.15, 0.2) is 51.9 Å². The highest BCUT2D eigenvalue weighted by atomic mass is 19.4. The van der Waals surface area contributed by atoms with Crippen LogP contribution >= 0.6 is 0 Å². The zero-order chi connectivity index (χ0) is 18.2. The lowest BCUT2D eigenvalue weighted by Gasteiger charge is -2.08. The van der Waals surface area contributed by atoms with Crippen molar-refractivity contribution in [3.8, 4) is 11.6 Å². The third-order valence-electron chi connectivity index (χ3n) is 4.03. The topological polar surface area (TPSA) is 53.0 Å². The van der Waals surface area contributed by atoms with Crippen molar-refractivity contribution in [3.05, 3.63) is 64.5 Å². The molecule has 0 bridgehead atoms. The summed E-state index contributed by atoms with van der Waals surface area (Å²) in [6.45, 7) is 4.06. The Bertz CT molecular complexity index is 937. The number of oxazole rings is 1. The molecule has 0 N–H and O–H groups in total. The Hall–Kier alpha value is -2.77. The first-order chi connectivity index (χ1) is 11.8. The van der Waals surface area contributed by atoms with E-state index in [1.807, 2.05) is 19.9 Å². The highest BCUT2D eigenvalue weighted by molar-refractivity contribution is 5.38. The van der Waals surface area contributed by atoms with Gasteiger partial charge in [0.15, 0.2) is 0 Å². The van der Waals surface area contributed by atoms with Gasteiger partial charge < -0.3 is 4.42 Å². The lowest BCUT2D eigenvalue weighted by Crippen LogP contribution is -2.12. The minimum atomic E-state index is -4.49. The van der Waals surface area contributed by atoms with Crippen LogP contribution in [0.2, 0.25) is 0 Å². The van der Waals surface area contributed by atoms with Crippen LogP contribution in [0.5, 0.6) is 0 Å². The van der Waals surface area contributed by atoms with Crippen LogP contribution in [-0.4, -0.2) is 14.3 Å². The zero-order valence-electron chi connectivity index (χ0n) is 13.6. The van der Waals surface area contributed by atoms with Gasteiger partial charge in [-0.05, 0) is 36.6 Å². The van der Waals surface area contributed by atoms with Crippen LogP contribution in [0.4, 0.5) is 13.2 Å². The molecule has 0 spiro atoms. The molecule has 1 aromatic carbocycles. The van der Waals surface area contributed by atoms with E-state index >= 15 is 0 Å². The Morgan fingerprint density at radius 2 is 2.04 bits per heavy atom. The predicted octanol–water partition coefficient (Wildman–Crippen LogP) is 4.15. The summed E-state index contributed by atoms with van der Waals surface area (Å²) in [5.41, 5.74) is 0.0823. The van der Waals surface area contributed by atoms with E-state index in [0.717, 1.165) is 28.8 Å². The van der Waals surface area contributed by atoms with Crippen molar-refractivity contribution in [2.75, 3.05) is 0 Å². The van der Waals surface area contributed by atoms with Crippen LogP contribution in [0.25, 0.3) is 11.6 Å². The van der Waals surface area contributed by atoms with E-state index in [-0.39, 0.29) is 17.5 Å². The highest BCUT2D eigenvalue weighted by Crippen LogP contribution is 2.30. The van der Waals surface area contributed by atoms with Crippen LogP contribution in [0.3, 0.4) is 0 Å². The zero-order valence-corrected chi connectivity index (χ0v) is 13.6. The Kier molecular flexibility index (Phi) is 4.28. The number of benzene rings is 1. The fourth-order valence-electron chi connectivity index (χ4n) is 2.38. The molecule has 2 heterocycles. The number of hydrogen-bond donors (Lipinski definition) is 0. The number of rotatable bonds is 4.